The molecule has 2 aliphatic carbocycles. The van der Waals surface area contributed by atoms with E-state index in [-0.39, 0.29) is 5.41 Å². The summed E-state index contributed by atoms with van der Waals surface area (Å²) in [5.74, 6) is 1.70. The summed E-state index contributed by atoms with van der Waals surface area (Å²) in [5.41, 5.74) is 0.231. The number of fused-ring (bicyclic) bond motifs is 2. The normalized spacial score (nSPS) is 37.1. The van der Waals surface area contributed by atoms with Gasteiger partial charge in [-0.2, -0.15) is 0 Å². The number of hydrogen-bond acceptors (Lipinski definition) is 2. The fourth-order valence-electron chi connectivity index (χ4n) is 3.76. The third-order valence-corrected chi connectivity index (χ3v) is 4.80. The second-order valence-corrected chi connectivity index (χ2v) is 5.82. The van der Waals surface area contributed by atoms with E-state index in [1.54, 1.807) is 0 Å². The Bertz CT molecular complexity index is 217. The van der Waals surface area contributed by atoms with Crippen molar-refractivity contribution in [1.29, 1.82) is 0 Å². The molecule has 2 saturated carbocycles. The number of ether oxygens (including phenoxy) is 1. The Balaban J connectivity index is 1.73. The van der Waals surface area contributed by atoms with E-state index in [4.69, 9.17) is 4.74 Å². The van der Waals surface area contributed by atoms with Gasteiger partial charge >= 0.3 is 0 Å². The molecule has 0 heterocycles. The summed E-state index contributed by atoms with van der Waals surface area (Å²) in [6.45, 7) is 4.32. The molecule has 0 radical (unpaired) electrons. The molecule has 0 amide bonds. The van der Waals surface area contributed by atoms with Gasteiger partial charge in [-0.15, -0.1) is 0 Å². The van der Waals surface area contributed by atoms with E-state index in [1.165, 1.54) is 32.1 Å². The monoisotopic (exact) mass is 226 g/mol. The molecule has 2 aliphatic rings. The average molecular weight is 226 g/mol. The molecule has 0 aliphatic heterocycles. The van der Waals surface area contributed by atoms with Crippen LogP contribution in [0.5, 0.6) is 0 Å². The van der Waals surface area contributed by atoms with Gasteiger partial charge in [0.05, 0.1) is 0 Å². The van der Waals surface area contributed by atoms with Crippen molar-refractivity contribution in [3.63, 3.8) is 0 Å². The average Bonchev–Trinajstić information content (AvgIpc) is 2.89. The Morgan fingerprint density at radius 2 is 2.19 bits per heavy atom. The van der Waals surface area contributed by atoms with Gasteiger partial charge in [-0.3, -0.25) is 0 Å². The number of aliphatic hydroxyl groups excluding tert-OH is 1. The molecular formula is C14H26O2. The second-order valence-electron chi connectivity index (χ2n) is 5.82. The molecule has 1 N–H and O–H groups in total. The molecule has 0 saturated heterocycles. The molecule has 2 bridgehead atoms. The zero-order chi connectivity index (χ0) is 11.4. The fourth-order valence-corrected chi connectivity index (χ4v) is 3.76. The van der Waals surface area contributed by atoms with Crippen LogP contribution in [-0.2, 0) is 4.74 Å². The second kappa shape index (κ2) is 5.50. The Morgan fingerprint density at radius 3 is 2.75 bits per heavy atom. The lowest BCUT2D eigenvalue weighted by atomic mass is 9.71. The minimum Gasteiger partial charge on any atom is -0.396 e. The lowest BCUT2D eigenvalue weighted by Crippen LogP contribution is -2.33. The van der Waals surface area contributed by atoms with Gasteiger partial charge in [0.2, 0.25) is 0 Å². The van der Waals surface area contributed by atoms with Crippen LogP contribution in [0.4, 0.5) is 0 Å². The zero-order valence-electron chi connectivity index (χ0n) is 10.6. The lowest BCUT2D eigenvalue weighted by Gasteiger charge is -2.36. The largest absolute Gasteiger partial charge is 0.396 e. The first-order valence-corrected chi connectivity index (χ1v) is 6.99. The summed E-state index contributed by atoms with van der Waals surface area (Å²) in [7, 11) is 0. The first-order chi connectivity index (χ1) is 7.80. The minimum absolute atomic E-state index is 0.231. The highest BCUT2D eigenvalue weighted by atomic mass is 16.5. The van der Waals surface area contributed by atoms with Crippen molar-refractivity contribution in [1.82, 2.24) is 0 Å². The van der Waals surface area contributed by atoms with Crippen molar-refractivity contribution in [2.24, 2.45) is 17.3 Å². The molecule has 3 unspecified atom stereocenters. The van der Waals surface area contributed by atoms with Crippen molar-refractivity contribution in [3.8, 4) is 0 Å². The van der Waals surface area contributed by atoms with Gasteiger partial charge in [0, 0.05) is 19.8 Å². The quantitative estimate of drug-likeness (QED) is 0.676. The van der Waals surface area contributed by atoms with Crippen molar-refractivity contribution in [2.45, 2.75) is 51.9 Å². The van der Waals surface area contributed by atoms with Gasteiger partial charge in [0.15, 0.2) is 0 Å². The fraction of sp³-hybridized carbons (Fsp3) is 1.00. The molecule has 0 aromatic heterocycles. The van der Waals surface area contributed by atoms with Crippen molar-refractivity contribution < 1.29 is 9.84 Å². The van der Waals surface area contributed by atoms with E-state index >= 15 is 0 Å². The van der Waals surface area contributed by atoms with Crippen LogP contribution in [0.15, 0.2) is 0 Å². The number of aliphatic hydroxyl groups is 1. The summed E-state index contributed by atoms with van der Waals surface area (Å²) in [6.07, 6.45) is 8.83. The minimum atomic E-state index is 0.231. The van der Waals surface area contributed by atoms with Gasteiger partial charge in [0.1, 0.15) is 0 Å². The Hall–Kier alpha value is -0.0800. The summed E-state index contributed by atoms with van der Waals surface area (Å²) in [5, 5.41) is 9.69. The highest BCUT2D eigenvalue weighted by Crippen LogP contribution is 2.57. The Labute approximate surface area is 99.4 Å². The Kier molecular flexibility index (Phi) is 4.26. The van der Waals surface area contributed by atoms with Crippen LogP contribution in [0.1, 0.15) is 51.9 Å². The molecule has 2 heteroatoms. The number of rotatable bonds is 7. The highest BCUT2D eigenvalue weighted by molar-refractivity contribution is 4.99. The maximum absolute atomic E-state index is 9.69. The van der Waals surface area contributed by atoms with Gasteiger partial charge in [0.25, 0.3) is 0 Å². The molecular weight excluding hydrogens is 200 g/mol. The first kappa shape index (κ1) is 12.4. The van der Waals surface area contributed by atoms with Crippen LogP contribution in [0, 0.1) is 17.3 Å². The molecule has 3 atom stereocenters. The van der Waals surface area contributed by atoms with Crippen LogP contribution in [-0.4, -0.2) is 24.9 Å². The highest BCUT2D eigenvalue weighted by Gasteiger charge is 2.49. The predicted molar refractivity (Wildman–Crippen MR) is 65.3 cm³/mol. The molecule has 0 spiro atoms. The van der Waals surface area contributed by atoms with E-state index in [1.807, 2.05) is 0 Å². The van der Waals surface area contributed by atoms with Gasteiger partial charge in [-0.1, -0.05) is 19.8 Å². The third-order valence-electron chi connectivity index (χ3n) is 4.80. The topological polar surface area (TPSA) is 29.5 Å². The van der Waals surface area contributed by atoms with Crippen LogP contribution in [0.2, 0.25) is 0 Å². The van der Waals surface area contributed by atoms with Crippen LogP contribution in [0.25, 0.3) is 0 Å². The number of hydrogen-bond donors (Lipinski definition) is 1. The van der Waals surface area contributed by atoms with E-state index in [2.05, 4.69) is 6.92 Å². The first-order valence-electron chi connectivity index (χ1n) is 6.99. The van der Waals surface area contributed by atoms with Crippen molar-refractivity contribution >= 4 is 0 Å². The Morgan fingerprint density at radius 1 is 1.31 bits per heavy atom. The van der Waals surface area contributed by atoms with Crippen LogP contribution < -0.4 is 0 Å². The van der Waals surface area contributed by atoms with Crippen LogP contribution >= 0.6 is 0 Å². The molecule has 94 valence electrons. The van der Waals surface area contributed by atoms with Crippen LogP contribution in [0.3, 0.4) is 0 Å². The summed E-state index contributed by atoms with van der Waals surface area (Å²) in [4.78, 5) is 0. The molecule has 0 aromatic carbocycles. The SMILES string of the molecule is CCCCOCCC1(CO)CC2CCC1C2. The van der Waals surface area contributed by atoms with Gasteiger partial charge in [-0.25, -0.2) is 0 Å². The van der Waals surface area contributed by atoms with E-state index in [0.29, 0.717) is 6.61 Å². The molecule has 0 aromatic rings. The van der Waals surface area contributed by atoms with Crippen molar-refractivity contribution in [3.05, 3.63) is 0 Å². The smallest absolute Gasteiger partial charge is 0.0491 e. The lowest BCUT2D eigenvalue weighted by molar-refractivity contribution is 0.0188. The van der Waals surface area contributed by atoms with E-state index in [0.717, 1.165) is 37.9 Å². The zero-order valence-corrected chi connectivity index (χ0v) is 10.6. The standard InChI is InChI=1S/C14H26O2/c1-2-3-7-16-8-6-14(11-15)10-12-4-5-13(14)9-12/h12-13,15H,2-11H2,1H3. The molecule has 16 heavy (non-hydrogen) atoms. The van der Waals surface area contributed by atoms with Crippen molar-refractivity contribution in [2.75, 3.05) is 19.8 Å². The maximum atomic E-state index is 9.69. The molecule has 2 fully saturated rings. The van der Waals surface area contributed by atoms with Gasteiger partial charge < -0.3 is 9.84 Å². The maximum Gasteiger partial charge on any atom is 0.0491 e. The van der Waals surface area contributed by atoms with E-state index in [9.17, 15) is 5.11 Å². The third kappa shape index (κ3) is 2.43. The summed E-state index contributed by atoms with van der Waals surface area (Å²) in [6, 6.07) is 0. The van der Waals surface area contributed by atoms with Gasteiger partial charge in [-0.05, 0) is 49.4 Å². The molecule has 2 rings (SSSR count). The molecule has 2 nitrogen and oxygen atoms in total. The summed E-state index contributed by atoms with van der Waals surface area (Å²) < 4.78 is 5.66. The van der Waals surface area contributed by atoms with E-state index < -0.39 is 0 Å². The summed E-state index contributed by atoms with van der Waals surface area (Å²) >= 11 is 0. The predicted octanol–water partition coefficient (Wildman–Crippen LogP) is 2.99. The number of unbranched alkanes of at least 4 members (excludes halogenated alkanes) is 1.